The van der Waals surface area contributed by atoms with Crippen LogP contribution in [0.3, 0.4) is 0 Å². The molecule has 1 atom stereocenters. The van der Waals surface area contributed by atoms with Gasteiger partial charge in [0.05, 0.1) is 0 Å². The van der Waals surface area contributed by atoms with E-state index in [0.29, 0.717) is 12.8 Å². The molecule has 2 radical (unpaired) electrons. The number of thioether (sulfide) groups is 1. The molecule has 15 heavy (non-hydrogen) atoms. The van der Waals surface area contributed by atoms with Crippen molar-refractivity contribution >= 4 is 31.7 Å². The predicted molar refractivity (Wildman–Crippen MR) is 61.7 cm³/mol. The van der Waals surface area contributed by atoms with Gasteiger partial charge in [0.15, 0.2) is 0 Å². The highest BCUT2D eigenvalue weighted by Crippen LogP contribution is 2.00. The van der Waals surface area contributed by atoms with E-state index in [1.54, 1.807) is 18.7 Å². The van der Waals surface area contributed by atoms with Crippen molar-refractivity contribution in [3.63, 3.8) is 0 Å². The Hall–Kier alpha value is -0.645. The summed E-state index contributed by atoms with van der Waals surface area (Å²) in [6.45, 7) is 1.78. The maximum absolute atomic E-state index is 11.3. The lowest BCUT2D eigenvalue weighted by atomic mass is 10.2. The Morgan fingerprint density at radius 2 is 2.20 bits per heavy atom. The van der Waals surface area contributed by atoms with Crippen LogP contribution in [0.4, 0.5) is 0 Å². The lowest BCUT2D eigenvalue weighted by molar-refractivity contribution is -0.139. The van der Waals surface area contributed by atoms with Crippen LogP contribution in [0.15, 0.2) is 0 Å². The number of rotatable bonds is 7. The molecular formula is C9H16BNO3S. The lowest BCUT2D eigenvalue weighted by Gasteiger charge is -2.14. The second-order valence-electron chi connectivity index (χ2n) is 3.06. The summed E-state index contributed by atoms with van der Waals surface area (Å²) < 4.78 is 4.07. The maximum Gasteiger partial charge on any atom is 0.378 e. The predicted octanol–water partition coefficient (Wildman–Crippen LogP) is 0.651. The van der Waals surface area contributed by atoms with Crippen LogP contribution in [0.2, 0.25) is 0 Å². The van der Waals surface area contributed by atoms with E-state index in [0.717, 1.165) is 12.2 Å². The van der Waals surface area contributed by atoms with Crippen LogP contribution in [0, 0.1) is 0 Å². The van der Waals surface area contributed by atoms with E-state index in [-0.39, 0.29) is 5.91 Å². The van der Waals surface area contributed by atoms with Crippen LogP contribution < -0.4 is 5.32 Å². The highest BCUT2D eigenvalue weighted by molar-refractivity contribution is 7.98. The van der Waals surface area contributed by atoms with Gasteiger partial charge in [0.25, 0.3) is 0 Å². The summed E-state index contributed by atoms with van der Waals surface area (Å²) in [7, 11) is 4.74. The Morgan fingerprint density at radius 3 is 2.67 bits per heavy atom. The molecule has 6 heteroatoms. The summed E-state index contributed by atoms with van der Waals surface area (Å²) >= 11 is 1.69. The Labute approximate surface area is 96.0 Å². The number of carbonyl (C=O) groups excluding carboxylic acids is 2. The van der Waals surface area contributed by atoms with Crippen molar-refractivity contribution in [3.8, 4) is 0 Å². The quantitative estimate of drug-likeness (QED) is 0.514. The first-order chi connectivity index (χ1) is 7.15. The number of amides is 1. The highest BCUT2D eigenvalue weighted by atomic mass is 32.2. The van der Waals surface area contributed by atoms with Crippen molar-refractivity contribution in [2.24, 2.45) is 0 Å². The van der Waals surface area contributed by atoms with Gasteiger partial charge in [0.1, 0.15) is 6.04 Å². The minimum atomic E-state index is -0.628. The highest BCUT2D eigenvalue weighted by Gasteiger charge is 2.18. The van der Waals surface area contributed by atoms with Crippen LogP contribution in [0.5, 0.6) is 0 Å². The van der Waals surface area contributed by atoms with E-state index in [4.69, 9.17) is 8.05 Å². The standard InChI is InChI=1S/C9H16BNO3S/c1-3-7(9(13)14-10)11-8(12)5-4-6-15-2/h7H,3-6H2,1-2H3,(H,11,12)/t7-/m0/s1. The number of nitrogens with one attached hydrogen (secondary N) is 1. The topological polar surface area (TPSA) is 55.4 Å². The maximum atomic E-state index is 11.3. The molecule has 0 rings (SSSR count). The monoisotopic (exact) mass is 229 g/mol. The summed E-state index contributed by atoms with van der Waals surface area (Å²) in [4.78, 5) is 22.4. The fraction of sp³-hybridized carbons (Fsp3) is 0.778. The van der Waals surface area contributed by atoms with Crippen LogP contribution in [-0.4, -0.2) is 38.0 Å². The van der Waals surface area contributed by atoms with Crippen molar-refractivity contribution in [1.29, 1.82) is 0 Å². The molecule has 0 unspecified atom stereocenters. The van der Waals surface area contributed by atoms with Gasteiger partial charge in [-0.25, -0.2) is 0 Å². The SMILES string of the molecule is [B]OC(=O)[C@H](CC)NC(=O)CCCSC. The van der Waals surface area contributed by atoms with Gasteiger partial charge >= 0.3 is 14.0 Å². The largest absolute Gasteiger partial charge is 0.542 e. The van der Waals surface area contributed by atoms with Gasteiger partial charge in [-0.3, -0.25) is 9.59 Å². The van der Waals surface area contributed by atoms with Gasteiger partial charge in [-0.05, 0) is 24.9 Å². The van der Waals surface area contributed by atoms with E-state index < -0.39 is 12.0 Å². The number of hydrogen-bond donors (Lipinski definition) is 1. The smallest absolute Gasteiger partial charge is 0.378 e. The second-order valence-corrected chi connectivity index (χ2v) is 4.05. The molecule has 4 nitrogen and oxygen atoms in total. The molecule has 1 amide bonds. The van der Waals surface area contributed by atoms with Gasteiger partial charge < -0.3 is 9.97 Å². The van der Waals surface area contributed by atoms with E-state index in [1.807, 2.05) is 6.26 Å². The normalized spacial score (nSPS) is 11.9. The van der Waals surface area contributed by atoms with Crippen molar-refractivity contribution in [1.82, 2.24) is 5.32 Å². The van der Waals surface area contributed by atoms with Gasteiger partial charge in [-0.15, -0.1) is 0 Å². The summed E-state index contributed by atoms with van der Waals surface area (Å²) in [5.41, 5.74) is 0. The Balaban J connectivity index is 3.85. The molecule has 0 aliphatic rings. The zero-order valence-corrected chi connectivity index (χ0v) is 9.93. The van der Waals surface area contributed by atoms with Crippen molar-refractivity contribution in [2.75, 3.05) is 12.0 Å². The average molecular weight is 229 g/mol. The van der Waals surface area contributed by atoms with Crippen LogP contribution in [0.1, 0.15) is 26.2 Å². The fourth-order valence-corrected chi connectivity index (χ4v) is 1.49. The van der Waals surface area contributed by atoms with Crippen molar-refractivity contribution in [2.45, 2.75) is 32.2 Å². The first kappa shape index (κ1) is 14.4. The van der Waals surface area contributed by atoms with Crippen LogP contribution in [-0.2, 0) is 14.2 Å². The van der Waals surface area contributed by atoms with Crippen LogP contribution >= 0.6 is 11.8 Å². The molecule has 0 bridgehead atoms. The third-order valence-electron chi connectivity index (χ3n) is 1.90. The summed E-state index contributed by atoms with van der Waals surface area (Å²) in [6, 6.07) is -0.628. The number of hydrogen-bond acceptors (Lipinski definition) is 4. The van der Waals surface area contributed by atoms with Crippen molar-refractivity contribution in [3.05, 3.63) is 0 Å². The molecule has 0 heterocycles. The lowest BCUT2D eigenvalue weighted by Crippen LogP contribution is -2.41. The molecule has 0 aromatic heterocycles. The molecule has 0 aliphatic heterocycles. The van der Waals surface area contributed by atoms with Crippen molar-refractivity contribution < 1.29 is 14.2 Å². The molecule has 0 fully saturated rings. The minimum Gasteiger partial charge on any atom is -0.542 e. The van der Waals surface area contributed by atoms with E-state index in [1.165, 1.54) is 0 Å². The van der Waals surface area contributed by atoms with E-state index in [9.17, 15) is 9.59 Å². The fourth-order valence-electron chi connectivity index (χ4n) is 1.05. The Bertz CT molecular complexity index is 214. The molecule has 0 saturated carbocycles. The second kappa shape index (κ2) is 8.65. The Kier molecular flexibility index (Phi) is 8.27. The first-order valence-electron chi connectivity index (χ1n) is 4.84. The molecule has 0 aliphatic carbocycles. The molecule has 84 valence electrons. The Morgan fingerprint density at radius 1 is 1.53 bits per heavy atom. The van der Waals surface area contributed by atoms with Crippen LogP contribution in [0.25, 0.3) is 0 Å². The third kappa shape index (κ3) is 6.44. The van der Waals surface area contributed by atoms with Gasteiger partial charge in [0.2, 0.25) is 5.91 Å². The molecule has 0 aromatic carbocycles. The van der Waals surface area contributed by atoms with Gasteiger partial charge in [-0.2, -0.15) is 11.8 Å². The molecule has 0 aromatic rings. The van der Waals surface area contributed by atoms with E-state index >= 15 is 0 Å². The molecule has 1 N–H and O–H groups in total. The number of carbonyl (C=O) groups is 2. The first-order valence-corrected chi connectivity index (χ1v) is 6.24. The summed E-state index contributed by atoms with van der Waals surface area (Å²) in [5, 5.41) is 2.57. The van der Waals surface area contributed by atoms with Gasteiger partial charge in [0, 0.05) is 6.42 Å². The molecule has 0 spiro atoms. The summed E-state index contributed by atoms with van der Waals surface area (Å²) in [6.07, 6.45) is 3.69. The van der Waals surface area contributed by atoms with E-state index in [2.05, 4.69) is 9.97 Å². The zero-order valence-electron chi connectivity index (χ0n) is 9.12. The zero-order chi connectivity index (χ0) is 11.7. The third-order valence-corrected chi connectivity index (χ3v) is 2.59. The summed E-state index contributed by atoms with van der Waals surface area (Å²) in [5.74, 6) is 0.197. The minimum absolute atomic E-state index is 0.138. The molecule has 0 saturated heterocycles. The van der Waals surface area contributed by atoms with Gasteiger partial charge in [-0.1, -0.05) is 6.92 Å². The average Bonchev–Trinajstić information content (AvgIpc) is 2.25. The molecular weight excluding hydrogens is 213 g/mol.